The lowest BCUT2D eigenvalue weighted by Crippen LogP contribution is -2.56. The van der Waals surface area contributed by atoms with Crippen molar-refractivity contribution in [2.45, 2.75) is 96.7 Å². The van der Waals surface area contributed by atoms with Crippen molar-refractivity contribution >= 4 is 11.8 Å². The molecule has 0 aliphatic heterocycles. The van der Waals surface area contributed by atoms with Crippen LogP contribution in [0.2, 0.25) is 0 Å². The Morgan fingerprint density at radius 1 is 0.771 bits per heavy atom. The summed E-state index contributed by atoms with van der Waals surface area (Å²) in [6, 6.07) is 30.8. The number of hydrogen-bond acceptors (Lipinski definition) is 4. The molecule has 0 N–H and O–H groups in total. The van der Waals surface area contributed by atoms with Gasteiger partial charge in [0.15, 0.2) is 6.10 Å². The van der Waals surface area contributed by atoms with Crippen LogP contribution < -0.4 is 0 Å². The van der Waals surface area contributed by atoms with Crippen LogP contribution in [-0.2, 0) is 24.7 Å². The molecular weight excluding hydrogens is 592 g/mol. The SMILES string of the molecule is COC(=O)C(CC(C)[C@H]1CC[C@H]2[C@@H]3C(=O)CC4CCCC[C@]4(C)[C@H]3CC[C@]12C)OC(c1ccccc1)(c1ccccc1)c1ccccc1. The van der Waals surface area contributed by atoms with Gasteiger partial charge in [-0.15, -0.1) is 0 Å². The first kappa shape index (κ1) is 33.3. The number of ketones is 1. The third-order valence-electron chi connectivity index (χ3n) is 14.1. The molecule has 0 heterocycles. The first-order valence-corrected chi connectivity index (χ1v) is 18.7. The summed E-state index contributed by atoms with van der Waals surface area (Å²) >= 11 is 0. The number of carbonyl (C=O) groups excluding carboxylic acids is 2. The van der Waals surface area contributed by atoms with Gasteiger partial charge >= 0.3 is 5.97 Å². The van der Waals surface area contributed by atoms with E-state index in [9.17, 15) is 9.59 Å². The molecular formula is C44H54O4. The molecule has 254 valence electrons. The van der Waals surface area contributed by atoms with Crippen molar-refractivity contribution in [3.63, 3.8) is 0 Å². The van der Waals surface area contributed by atoms with Gasteiger partial charge < -0.3 is 9.47 Å². The van der Waals surface area contributed by atoms with E-state index < -0.39 is 11.7 Å². The van der Waals surface area contributed by atoms with E-state index in [1.807, 2.05) is 54.6 Å². The summed E-state index contributed by atoms with van der Waals surface area (Å²) in [4.78, 5) is 27.8. The molecule has 4 aliphatic carbocycles. The summed E-state index contributed by atoms with van der Waals surface area (Å²) in [6.07, 6.45) is 10.3. The molecule has 7 rings (SSSR count). The molecule has 0 spiro atoms. The van der Waals surface area contributed by atoms with Gasteiger partial charge in [-0.25, -0.2) is 4.79 Å². The van der Waals surface area contributed by atoms with Gasteiger partial charge in [0, 0.05) is 12.3 Å². The fourth-order valence-corrected chi connectivity index (χ4v) is 11.7. The monoisotopic (exact) mass is 646 g/mol. The topological polar surface area (TPSA) is 52.6 Å². The van der Waals surface area contributed by atoms with Crippen molar-refractivity contribution in [2.24, 2.45) is 46.3 Å². The van der Waals surface area contributed by atoms with Crippen LogP contribution in [0.5, 0.6) is 0 Å². The van der Waals surface area contributed by atoms with Crippen LogP contribution in [0, 0.1) is 46.3 Å². The second-order valence-corrected chi connectivity index (χ2v) is 16.2. The Balaban J connectivity index is 1.20. The van der Waals surface area contributed by atoms with E-state index in [0.29, 0.717) is 41.3 Å². The Bertz CT molecular complexity index is 1470. The summed E-state index contributed by atoms with van der Waals surface area (Å²) in [6.45, 7) is 7.34. The quantitative estimate of drug-likeness (QED) is 0.172. The molecule has 4 saturated carbocycles. The molecule has 4 fully saturated rings. The largest absolute Gasteiger partial charge is 0.467 e. The highest BCUT2D eigenvalue weighted by atomic mass is 16.6. The van der Waals surface area contributed by atoms with Crippen LogP contribution >= 0.6 is 0 Å². The number of rotatable bonds is 9. The van der Waals surface area contributed by atoms with Crippen LogP contribution in [0.15, 0.2) is 91.0 Å². The summed E-state index contributed by atoms with van der Waals surface area (Å²) < 4.78 is 12.8. The molecule has 3 aromatic rings. The van der Waals surface area contributed by atoms with Crippen molar-refractivity contribution in [1.29, 1.82) is 0 Å². The van der Waals surface area contributed by atoms with E-state index in [2.05, 4.69) is 57.2 Å². The fraction of sp³-hybridized carbons (Fsp3) is 0.545. The number of fused-ring (bicyclic) bond motifs is 5. The van der Waals surface area contributed by atoms with E-state index in [1.165, 1.54) is 39.2 Å². The Kier molecular flexibility index (Phi) is 9.17. The van der Waals surface area contributed by atoms with E-state index >= 15 is 0 Å². The molecule has 3 unspecified atom stereocenters. The summed E-state index contributed by atoms with van der Waals surface area (Å²) in [7, 11) is 1.47. The van der Waals surface area contributed by atoms with E-state index in [-0.39, 0.29) is 23.2 Å². The van der Waals surface area contributed by atoms with Crippen molar-refractivity contribution < 1.29 is 19.1 Å². The van der Waals surface area contributed by atoms with Gasteiger partial charge in [-0.1, -0.05) is 125 Å². The molecule has 0 bridgehead atoms. The number of methoxy groups -OCH3 is 1. The molecule has 4 aliphatic rings. The van der Waals surface area contributed by atoms with Crippen LogP contribution in [0.3, 0.4) is 0 Å². The van der Waals surface area contributed by atoms with Crippen LogP contribution in [0.25, 0.3) is 0 Å². The Hall–Kier alpha value is -3.24. The standard InChI is InChI=1S/C44H54O4/c1-30(35-23-24-36-40-37(25-27-43(35,36)3)42(2)26-15-14-22-34(42)29-38(40)45)28-39(41(46)47-4)48-44(31-16-8-5-9-17-31,32-18-10-6-11-19-32)33-20-12-7-13-21-33/h5-13,16-21,30,34-37,39-40H,14-15,22-29H2,1-4H3/t30?,34?,35-,36+,37+,39?,40+,42+,43-/m1/s1. The number of ether oxygens (including phenoxy) is 2. The number of hydrogen-bond donors (Lipinski definition) is 0. The first-order valence-electron chi connectivity index (χ1n) is 18.7. The van der Waals surface area contributed by atoms with Gasteiger partial charge in [0.25, 0.3) is 0 Å². The van der Waals surface area contributed by atoms with E-state index in [1.54, 1.807) is 0 Å². The zero-order chi connectivity index (χ0) is 33.5. The molecule has 0 radical (unpaired) electrons. The molecule has 0 amide bonds. The third kappa shape index (κ3) is 5.47. The molecule has 4 nitrogen and oxygen atoms in total. The van der Waals surface area contributed by atoms with Gasteiger partial charge in [-0.2, -0.15) is 0 Å². The van der Waals surface area contributed by atoms with Crippen molar-refractivity contribution in [1.82, 2.24) is 0 Å². The maximum atomic E-state index is 14.0. The van der Waals surface area contributed by atoms with Gasteiger partial charge in [0.05, 0.1) is 7.11 Å². The molecule has 0 saturated heterocycles. The Labute approximate surface area is 288 Å². The van der Waals surface area contributed by atoms with Gasteiger partial charge in [-0.3, -0.25) is 4.79 Å². The van der Waals surface area contributed by atoms with Crippen LogP contribution in [0.4, 0.5) is 0 Å². The minimum Gasteiger partial charge on any atom is -0.467 e. The lowest BCUT2D eigenvalue weighted by molar-refractivity contribution is -0.165. The van der Waals surface area contributed by atoms with E-state index in [0.717, 1.165) is 42.4 Å². The summed E-state index contributed by atoms with van der Waals surface area (Å²) in [5.41, 5.74) is 2.32. The van der Waals surface area contributed by atoms with Crippen molar-refractivity contribution in [3.05, 3.63) is 108 Å². The van der Waals surface area contributed by atoms with Crippen molar-refractivity contribution in [3.8, 4) is 0 Å². The highest BCUT2D eigenvalue weighted by Gasteiger charge is 2.62. The number of esters is 1. The second-order valence-electron chi connectivity index (χ2n) is 16.2. The minimum atomic E-state index is -1.01. The average molecular weight is 647 g/mol. The maximum absolute atomic E-state index is 14.0. The highest BCUT2D eigenvalue weighted by molar-refractivity contribution is 5.83. The molecule has 4 heteroatoms. The summed E-state index contributed by atoms with van der Waals surface area (Å²) in [5, 5.41) is 0. The molecule has 0 aromatic heterocycles. The number of carbonyl (C=O) groups is 2. The predicted molar refractivity (Wildman–Crippen MR) is 190 cm³/mol. The van der Waals surface area contributed by atoms with Crippen LogP contribution in [-0.4, -0.2) is 25.0 Å². The molecule has 48 heavy (non-hydrogen) atoms. The second kappa shape index (κ2) is 13.2. The lowest BCUT2D eigenvalue weighted by atomic mass is 9.44. The minimum absolute atomic E-state index is 0.0875. The normalized spacial score (nSPS) is 32.8. The van der Waals surface area contributed by atoms with Gasteiger partial charge in [-0.05, 0) is 102 Å². The number of Topliss-reactive ketones (excluding diaryl/α,β-unsaturated/α-hetero) is 1. The maximum Gasteiger partial charge on any atom is 0.335 e. The van der Waals surface area contributed by atoms with Crippen molar-refractivity contribution in [2.75, 3.05) is 7.11 Å². The van der Waals surface area contributed by atoms with E-state index in [4.69, 9.17) is 9.47 Å². The lowest BCUT2D eigenvalue weighted by Gasteiger charge is -2.60. The Morgan fingerprint density at radius 2 is 1.33 bits per heavy atom. The Morgan fingerprint density at radius 3 is 1.90 bits per heavy atom. The van der Waals surface area contributed by atoms with Gasteiger partial charge in [0.2, 0.25) is 0 Å². The summed E-state index contributed by atoms with van der Waals surface area (Å²) in [5.74, 6) is 2.61. The zero-order valence-electron chi connectivity index (χ0n) is 29.4. The third-order valence-corrected chi connectivity index (χ3v) is 14.1. The van der Waals surface area contributed by atoms with Crippen LogP contribution in [0.1, 0.15) is 102 Å². The average Bonchev–Trinajstić information content (AvgIpc) is 3.48. The highest BCUT2D eigenvalue weighted by Crippen LogP contribution is 2.67. The van der Waals surface area contributed by atoms with Gasteiger partial charge in [0.1, 0.15) is 11.4 Å². The number of benzene rings is 3. The molecule has 9 atom stereocenters. The zero-order valence-corrected chi connectivity index (χ0v) is 29.4. The predicted octanol–water partition coefficient (Wildman–Crippen LogP) is 9.79. The first-order chi connectivity index (χ1) is 23.2. The fourth-order valence-electron chi connectivity index (χ4n) is 11.7. The smallest absolute Gasteiger partial charge is 0.335 e. The molecule has 3 aromatic carbocycles.